The number of nitrogens with zero attached hydrogens (tertiary/aromatic N) is 1. The van der Waals surface area contributed by atoms with E-state index in [9.17, 15) is 0 Å². The first-order valence-corrected chi connectivity index (χ1v) is 5.75. The van der Waals surface area contributed by atoms with Gasteiger partial charge in [-0.05, 0) is 25.0 Å². The standard InChI is InChI=1S/C13H22N2/c1-3-7-12(14)10-11-15(2)13-8-5-4-6-9-13/h4-6,8-9,12H,3,7,10-11,14H2,1-2H3. The molecule has 0 saturated heterocycles. The van der Waals surface area contributed by atoms with Gasteiger partial charge in [0.1, 0.15) is 0 Å². The monoisotopic (exact) mass is 206 g/mol. The average molecular weight is 206 g/mol. The van der Waals surface area contributed by atoms with Gasteiger partial charge in [0.2, 0.25) is 0 Å². The largest absolute Gasteiger partial charge is 0.375 e. The Labute approximate surface area is 93.1 Å². The van der Waals surface area contributed by atoms with Crippen LogP contribution in [0.3, 0.4) is 0 Å². The molecule has 0 aliphatic rings. The molecule has 1 atom stereocenters. The summed E-state index contributed by atoms with van der Waals surface area (Å²) in [5.41, 5.74) is 7.25. The van der Waals surface area contributed by atoms with Crippen molar-refractivity contribution in [3.05, 3.63) is 30.3 Å². The number of rotatable bonds is 6. The fraction of sp³-hybridized carbons (Fsp3) is 0.538. The zero-order valence-corrected chi connectivity index (χ0v) is 9.82. The molecule has 1 unspecified atom stereocenters. The number of para-hydroxylation sites is 1. The molecule has 1 aromatic rings. The highest BCUT2D eigenvalue weighted by atomic mass is 15.1. The summed E-state index contributed by atoms with van der Waals surface area (Å²) in [6, 6.07) is 10.8. The highest BCUT2D eigenvalue weighted by molar-refractivity contribution is 5.44. The Morgan fingerprint density at radius 1 is 1.20 bits per heavy atom. The fourth-order valence-corrected chi connectivity index (χ4v) is 1.69. The maximum absolute atomic E-state index is 5.98. The van der Waals surface area contributed by atoms with Gasteiger partial charge in [0.15, 0.2) is 0 Å². The minimum absolute atomic E-state index is 0.348. The molecule has 2 nitrogen and oxygen atoms in total. The molecule has 0 saturated carbocycles. The van der Waals surface area contributed by atoms with Gasteiger partial charge >= 0.3 is 0 Å². The minimum Gasteiger partial charge on any atom is -0.375 e. The Balaban J connectivity index is 2.33. The molecule has 0 bridgehead atoms. The van der Waals surface area contributed by atoms with Gasteiger partial charge in [-0.2, -0.15) is 0 Å². The summed E-state index contributed by atoms with van der Waals surface area (Å²) in [7, 11) is 2.12. The number of hydrogen-bond donors (Lipinski definition) is 1. The van der Waals surface area contributed by atoms with Crippen molar-refractivity contribution in [3.63, 3.8) is 0 Å². The molecule has 0 aromatic heterocycles. The Bertz CT molecular complexity index is 258. The van der Waals surface area contributed by atoms with Crippen LogP contribution in [0.2, 0.25) is 0 Å². The third-order valence-corrected chi connectivity index (χ3v) is 2.69. The number of hydrogen-bond acceptors (Lipinski definition) is 2. The Morgan fingerprint density at radius 3 is 2.47 bits per heavy atom. The molecular weight excluding hydrogens is 184 g/mol. The van der Waals surface area contributed by atoms with Crippen LogP contribution >= 0.6 is 0 Å². The summed E-state index contributed by atoms with van der Waals surface area (Å²) in [6.07, 6.45) is 3.37. The topological polar surface area (TPSA) is 29.3 Å². The van der Waals surface area contributed by atoms with Crippen molar-refractivity contribution in [2.45, 2.75) is 32.2 Å². The third-order valence-electron chi connectivity index (χ3n) is 2.69. The molecule has 2 N–H and O–H groups in total. The normalized spacial score (nSPS) is 12.5. The van der Waals surface area contributed by atoms with Gasteiger partial charge < -0.3 is 10.6 Å². The van der Waals surface area contributed by atoms with Crippen molar-refractivity contribution < 1.29 is 0 Å². The van der Waals surface area contributed by atoms with Crippen molar-refractivity contribution in [1.29, 1.82) is 0 Å². The average Bonchev–Trinajstić information content (AvgIpc) is 2.27. The highest BCUT2D eigenvalue weighted by Crippen LogP contribution is 2.11. The predicted molar refractivity (Wildman–Crippen MR) is 67.2 cm³/mol. The number of benzene rings is 1. The number of nitrogens with two attached hydrogens (primary N) is 1. The van der Waals surface area contributed by atoms with Crippen molar-refractivity contribution in [2.24, 2.45) is 5.73 Å². The molecule has 0 heterocycles. The van der Waals surface area contributed by atoms with Crippen molar-refractivity contribution in [3.8, 4) is 0 Å². The third kappa shape index (κ3) is 4.34. The van der Waals surface area contributed by atoms with Crippen LogP contribution in [0.5, 0.6) is 0 Å². The molecule has 0 aliphatic carbocycles. The summed E-state index contributed by atoms with van der Waals surface area (Å²) in [6.45, 7) is 3.21. The van der Waals surface area contributed by atoms with E-state index in [-0.39, 0.29) is 0 Å². The minimum atomic E-state index is 0.348. The highest BCUT2D eigenvalue weighted by Gasteiger charge is 2.04. The fourth-order valence-electron chi connectivity index (χ4n) is 1.69. The van der Waals surface area contributed by atoms with Crippen LogP contribution in [0.25, 0.3) is 0 Å². The first-order chi connectivity index (χ1) is 7.24. The molecule has 0 amide bonds. The van der Waals surface area contributed by atoms with Crippen LogP contribution in [0, 0.1) is 0 Å². The van der Waals surface area contributed by atoms with Crippen LogP contribution in [0.4, 0.5) is 5.69 Å². The SMILES string of the molecule is CCCC(N)CCN(C)c1ccccc1. The van der Waals surface area contributed by atoms with Crippen LogP contribution in [-0.2, 0) is 0 Å². The van der Waals surface area contributed by atoms with Crippen molar-refractivity contribution >= 4 is 5.69 Å². The summed E-state index contributed by atoms with van der Waals surface area (Å²) in [5.74, 6) is 0. The van der Waals surface area contributed by atoms with Crippen LogP contribution in [0.15, 0.2) is 30.3 Å². The van der Waals surface area contributed by atoms with Gasteiger partial charge in [-0.3, -0.25) is 0 Å². The van der Waals surface area contributed by atoms with Crippen LogP contribution < -0.4 is 10.6 Å². The maximum atomic E-state index is 5.98. The van der Waals surface area contributed by atoms with Crippen LogP contribution in [0.1, 0.15) is 26.2 Å². The first kappa shape index (κ1) is 12.1. The second kappa shape index (κ2) is 6.46. The van der Waals surface area contributed by atoms with E-state index in [1.165, 1.54) is 12.1 Å². The van der Waals surface area contributed by atoms with Crippen LogP contribution in [-0.4, -0.2) is 19.6 Å². The quantitative estimate of drug-likeness (QED) is 0.775. The molecule has 0 radical (unpaired) electrons. The molecule has 0 fully saturated rings. The van der Waals surface area contributed by atoms with Gasteiger partial charge in [-0.1, -0.05) is 31.5 Å². The van der Waals surface area contributed by atoms with E-state index in [0.717, 1.165) is 19.4 Å². The summed E-state index contributed by atoms with van der Waals surface area (Å²) < 4.78 is 0. The molecular formula is C13H22N2. The molecule has 84 valence electrons. The molecule has 1 aromatic carbocycles. The molecule has 2 heteroatoms. The van der Waals surface area contributed by atoms with E-state index < -0.39 is 0 Å². The lowest BCUT2D eigenvalue weighted by atomic mass is 10.1. The lowest BCUT2D eigenvalue weighted by Gasteiger charge is -2.21. The van der Waals surface area contributed by atoms with E-state index in [1.807, 2.05) is 6.07 Å². The van der Waals surface area contributed by atoms with Gasteiger partial charge in [-0.15, -0.1) is 0 Å². The Hall–Kier alpha value is -1.02. The lowest BCUT2D eigenvalue weighted by Crippen LogP contribution is -2.27. The van der Waals surface area contributed by atoms with E-state index in [4.69, 9.17) is 5.73 Å². The maximum Gasteiger partial charge on any atom is 0.0363 e. The second-order valence-electron chi connectivity index (χ2n) is 4.09. The Kier molecular flexibility index (Phi) is 5.19. The second-order valence-corrected chi connectivity index (χ2v) is 4.09. The number of anilines is 1. The molecule has 0 spiro atoms. The lowest BCUT2D eigenvalue weighted by molar-refractivity contribution is 0.561. The summed E-state index contributed by atoms with van der Waals surface area (Å²) in [5, 5.41) is 0. The van der Waals surface area contributed by atoms with Gasteiger partial charge in [0, 0.05) is 25.3 Å². The zero-order chi connectivity index (χ0) is 11.1. The summed E-state index contributed by atoms with van der Waals surface area (Å²) >= 11 is 0. The van der Waals surface area contributed by atoms with Gasteiger partial charge in [0.25, 0.3) is 0 Å². The van der Waals surface area contributed by atoms with E-state index in [1.54, 1.807) is 0 Å². The zero-order valence-electron chi connectivity index (χ0n) is 9.82. The van der Waals surface area contributed by atoms with Gasteiger partial charge in [-0.25, -0.2) is 0 Å². The van der Waals surface area contributed by atoms with Gasteiger partial charge in [0.05, 0.1) is 0 Å². The molecule has 15 heavy (non-hydrogen) atoms. The van der Waals surface area contributed by atoms with Crippen molar-refractivity contribution in [1.82, 2.24) is 0 Å². The summed E-state index contributed by atoms with van der Waals surface area (Å²) in [4.78, 5) is 2.26. The van der Waals surface area contributed by atoms with E-state index >= 15 is 0 Å². The van der Waals surface area contributed by atoms with E-state index in [2.05, 4.69) is 43.1 Å². The Morgan fingerprint density at radius 2 is 1.87 bits per heavy atom. The molecule has 0 aliphatic heterocycles. The smallest absolute Gasteiger partial charge is 0.0363 e. The first-order valence-electron chi connectivity index (χ1n) is 5.75. The predicted octanol–water partition coefficient (Wildman–Crippen LogP) is 2.64. The van der Waals surface area contributed by atoms with Crippen molar-refractivity contribution in [2.75, 3.05) is 18.5 Å². The van der Waals surface area contributed by atoms with E-state index in [0.29, 0.717) is 6.04 Å². The molecule has 1 rings (SSSR count).